The number of carbonyl (C=O) groups excluding carboxylic acids is 1. The van der Waals surface area contributed by atoms with E-state index < -0.39 is 0 Å². The molecule has 1 saturated heterocycles. The maximum absolute atomic E-state index is 11.7. The van der Waals surface area contributed by atoms with E-state index in [1.807, 2.05) is 24.3 Å². The van der Waals surface area contributed by atoms with Crippen molar-refractivity contribution in [2.75, 3.05) is 13.2 Å². The van der Waals surface area contributed by atoms with Gasteiger partial charge in [0.1, 0.15) is 12.7 Å². The van der Waals surface area contributed by atoms with Gasteiger partial charge in [-0.25, -0.2) is 4.79 Å². The number of hydrogen-bond donors (Lipinski definition) is 0. The van der Waals surface area contributed by atoms with Crippen molar-refractivity contribution in [3.05, 3.63) is 35.4 Å². The van der Waals surface area contributed by atoms with Crippen LogP contribution in [0.2, 0.25) is 0 Å². The second kappa shape index (κ2) is 4.49. The normalized spacial score (nSPS) is 18.9. The molecule has 0 saturated carbocycles. The molecule has 0 radical (unpaired) electrons. The van der Waals surface area contributed by atoms with Crippen molar-refractivity contribution in [1.82, 2.24) is 0 Å². The lowest BCUT2D eigenvalue weighted by Crippen LogP contribution is -2.13. The topological polar surface area (TPSA) is 38.8 Å². The number of rotatable bonds is 3. The Morgan fingerprint density at radius 2 is 1.94 bits per heavy atom. The molecule has 1 aromatic carbocycles. The van der Waals surface area contributed by atoms with E-state index in [0.29, 0.717) is 18.8 Å². The van der Waals surface area contributed by atoms with Crippen LogP contribution >= 0.6 is 0 Å². The van der Waals surface area contributed by atoms with Crippen molar-refractivity contribution in [3.63, 3.8) is 0 Å². The number of hydrogen-bond acceptors (Lipinski definition) is 3. The van der Waals surface area contributed by atoms with Crippen LogP contribution in [0, 0.1) is 0 Å². The lowest BCUT2D eigenvalue weighted by atomic mass is 9.87. The molecule has 0 N–H and O–H groups in total. The van der Waals surface area contributed by atoms with Gasteiger partial charge in [0.15, 0.2) is 0 Å². The van der Waals surface area contributed by atoms with Gasteiger partial charge in [-0.05, 0) is 23.1 Å². The third kappa shape index (κ3) is 3.30. The van der Waals surface area contributed by atoms with Gasteiger partial charge in [0.2, 0.25) is 0 Å². The fraction of sp³-hybridized carbons (Fsp3) is 0.500. The predicted octanol–water partition coefficient (Wildman–Crippen LogP) is 2.54. The molecule has 2 rings (SSSR count). The minimum absolute atomic E-state index is 0.101. The summed E-state index contributed by atoms with van der Waals surface area (Å²) >= 11 is 0. The van der Waals surface area contributed by atoms with Crippen LogP contribution in [0.3, 0.4) is 0 Å². The Labute approximate surface area is 102 Å². The second-order valence-corrected chi connectivity index (χ2v) is 5.38. The van der Waals surface area contributed by atoms with E-state index >= 15 is 0 Å². The summed E-state index contributed by atoms with van der Waals surface area (Å²) in [6.07, 6.45) is 0.118. The van der Waals surface area contributed by atoms with Gasteiger partial charge < -0.3 is 9.47 Å². The van der Waals surface area contributed by atoms with Crippen molar-refractivity contribution in [3.8, 4) is 0 Å². The molecule has 1 fully saturated rings. The first-order valence-electron chi connectivity index (χ1n) is 5.86. The van der Waals surface area contributed by atoms with Gasteiger partial charge in [-0.1, -0.05) is 32.9 Å². The van der Waals surface area contributed by atoms with Gasteiger partial charge in [0.25, 0.3) is 0 Å². The Morgan fingerprint density at radius 1 is 1.35 bits per heavy atom. The summed E-state index contributed by atoms with van der Waals surface area (Å²) in [5.74, 6) is -0.277. The average molecular weight is 234 g/mol. The second-order valence-electron chi connectivity index (χ2n) is 5.38. The molecule has 0 aliphatic carbocycles. The van der Waals surface area contributed by atoms with Crippen molar-refractivity contribution >= 4 is 5.97 Å². The number of carbonyl (C=O) groups is 1. The Morgan fingerprint density at radius 3 is 2.41 bits per heavy atom. The molecule has 1 heterocycles. The molecule has 0 aromatic heterocycles. The highest BCUT2D eigenvalue weighted by molar-refractivity contribution is 5.89. The first kappa shape index (κ1) is 12.1. The van der Waals surface area contributed by atoms with E-state index in [9.17, 15) is 4.79 Å². The molecule has 17 heavy (non-hydrogen) atoms. The zero-order valence-corrected chi connectivity index (χ0v) is 10.5. The Hall–Kier alpha value is -1.35. The van der Waals surface area contributed by atoms with Crippen molar-refractivity contribution in [2.24, 2.45) is 0 Å². The van der Waals surface area contributed by atoms with E-state index in [1.54, 1.807) is 0 Å². The number of ether oxygens (including phenoxy) is 2. The van der Waals surface area contributed by atoms with E-state index in [4.69, 9.17) is 9.47 Å². The van der Waals surface area contributed by atoms with E-state index in [0.717, 1.165) is 0 Å². The maximum Gasteiger partial charge on any atom is 0.338 e. The molecule has 92 valence electrons. The highest BCUT2D eigenvalue weighted by atomic mass is 16.6. The van der Waals surface area contributed by atoms with Crippen LogP contribution < -0.4 is 0 Å². The monoisotopic (exact) mass is 234 g/mol. The molecule has 3 heteroatoms. The minimum Gasteiger partial charge on any atom is -0.459 e. The molecule has 0 bridgehead atoms. The Balaban J connectivity index is 1.98. The molecule has 1 atom stereocenters. The quantitative estimate of drug-likeness (QED) is 0.596. The van der Waals surface area contributed by atoms with Gasteiger partial charge in [0.05, 0.1) is 12.2 Å². The lowest BCUT2D eigenvalue weighted by Gasteiger charge is -2.18. The zero-order valence-electron chi connectivity index (χ0n) is 10.5. The zero-order chi connectivity index (χ0) is 12.5. The number of benzene rings is 1. The standard InChI is InChI=1S/C14H18O3/c1-14(2,3)11-6-4-10(5-7-11)13(15)17-9-12-8-16-12/h4-7,12H,8-9H2,1-3H3/t12-/m0/s1. The summed E-state index contributed by atoms with van der Waals surface area (Å²) in [6.45, 7) is 7.50. The average Bonchev–Trinajstić information content (AvgIpc) is 3.09. The minimum atomic E-state index is -0.277. The van der Waals surface area contributed by atoms with Crippen molar-refractivity contribution in [1.29, 1.82) is 0 Å². The Bertz CT molecular complexity index is 396. The SMILES string of the molecule is CC(C)(C)c1ccc(C(=O)OC[C@@H]2CO2)cc1. The molecular formula is C14H18O3. The maximum atomic E-state index is 11.7. The summed E-state index contributed by atoms with van der Waals surface area (Å²) in [5, 5.41) is 0. The van der Waals surface area contributed by atoms with Gasteiger partial charge in [0, 0.05) is 0 Å². The van der Waals surface area contributed by atoms with Crippen molar-refractivity contribution < 1.29 is 14.3 Å². The van der Waals surface area contributed by atoms with Gasteiger partial charge >= 0.3 is 5.97 Å². The van der Waals surface area contributed by atoms with Crippen LogP contribution in [0.25, 0.3) is 0 Å². The van der Waals surface area contributed by atoms with Crippen LogP contribution in [0.1, 0.15) is 36.7 Å². The van der Waals surface area contributed by atoms with Crippen LogP contribution in [0.5, 0.6) is 0 Å². The summed E-state index contributed by atoms with van der Waals surface area (Å²) in [4.78, 5) is 11.7. The molecule has 0 spiro atoms. The smallest absolute Gasteiger partial charge is 0.338 e. The highest BCUT2D eigenvalue weighted by Crippen LogP contribution is 2.22. The molecular weight excluding hydrogens is 216 g/mol. The van der Waals surface area contributed by atoms with E-state index in [-0.39, 0.29) is 17.5 Å². The first-order valence-corrected chi connectivity index (χ1v) is 5.86. The lowest BCUT2D eigenvalue weighted by molar-refractivity contribution is 0.0476. The summed E-state index contributed by atoms with van der Waals surface area (Å²) in [7, 11) is 0. The predicted molar refractivity (Wildman–Crippen MR) is 65.2 cm³/mol. The molecule has 0 unspecified atom stereocenters. The van der Waals surface area contributed by atoms with Crippen molar-refractivity contribution in [2.45, 2.75) is 32.3 Å². The van der Waals surface area contributed by atoms with Crippen LogP contribution in [-0.4, -0.2) is 25.3 Å². The third-order valence-corrected chi connectivity index (χ3v) is 2.79. The fourth-order valence-electron chi connectivity index (χ4n) is 1.52. The molecule has 0 amide bonds. The van der Waals surface area contributed by atoms with Crippen LogP contribution in [-0.2, 0) is 14.9 Å². The highest BCUT2D eigenvalue weighted by Gasteiger charge is 2.24. The van der Waals surface area contributed by atoms with E-state index in [2.05, 4.69) is 20.8 Å². The summed E-state index contributed by atoms with van der Waals surface area (Å²) < 4.78 is 10.1. The summed E-state index contributed by atoms with van der Waals surface area (Å²) in [6, 6.07) is 7.59. The van der Waals surface area contributed by atoms with Crippen LogP contribution in [0.4, 0.5) is 0 Å². The van der Waals surface area contributed by atoms with Gasteiger partial charge in [-0.2, -0.15) is 0 Å². The fourth-order valence-corrected chi connectivity index (χ4v) is 1.52. The molecule has 3 nitrogen and oxygen atoms in total. The Kier molecular flexibility index (Phi) is 3.20. The molecule has 1 aromatic rings. The molecule has 1 aliphatic rings. The summed E-state index contributed by atoms with van der Waals surface area (Å²) in [5.41, 5.74) is 1.91. The van der Waals surface area contributed by atoms with Crippen LogP contribution in [0.15, 0.2) is 24.3 Å². The van der Waals surface area contributed by atoms with Gasteiger partial charge in [-0.15, -0.1) is 0 Å². The number of esters is 1. The number of epoxide rings is 1. The molecule has 1 aliphatic heterocycles. The van der Waals surface area contributed by atoms with E-state index in [1.165, 1.54) is 5.56 Å². The first-order chi connectivity index (χ1) is 7.97. The van der Waals surface area contributed by atoms with Gasteiger partial charge in [-0.3, -0.25) is 0 Å². The third-order valence-electron chi connectivity index (χ3n) is 2.79. The largest absolute Gasteiger partial charge is 0.459 e.